The Labute approximate surface area is 114 Å². The Kier molecular flexibility index (Phi) is 3.70. The first-order chi connectivity index (χ1) is 8.34. The van der Waals surface area contributed by atoms with E-state index in [1.54, 1.807) is 12.1 Å². The molecule has 0 aromatic heterocycles. The lowest BCUT2D eigenvalue weighted by molar-refractivity contribution is 0.491. The van der Waals surface area contributed by atoms with Crippen molar-refractivity contribution >= 4 is 11.6 Å². The van der Waals surface area contributed by atoms with Gasteiger partial charge in [-0.3, -0.25) is 0 Å². The van der Waals surface area contributed by atoms with E-state index >= 15 is 0 Å². The molecule has 18 heavy (non-hydrogen) atoms. The van der Waals surface area contributed by atoms with Crippen molar-refractivity contribution in [3.05, 3.63) is 34.6 Å². The summed E-state index contributed by atoms with van der Waals surface area (Å²) in [4.78, 5) is 0. The fraction of sp³-hybridized carbons (Fsp3) is 0.600. The lowest BCUT2D eigenvalue weighted by Crippen LogP contribution is -2.26. The van der Waals surface area contributed by atoms with Crippen LogP contribution >= 0.6 is 11.6 Å². The number of rotatable bonds is 4. The van der Waals surface area contributed by atoms with Gasteiger partial charge in [-0.1, -0.05) is 39.3 Å². The molecule has 0 amide bonds. The fourth-order valence-electron chi connectivity index (χ4n) is 2.86. The molecule has 0 saturated heterocycles. The standard InChI is InChI=1S/C15H21ClFN/c1-9(2)18-8-12-14(15(12,3)4)11-7-10(16)5-6-13(11)17/h5-7,9,12,14,18H,8H2,1-4H3. The largest absolute Gasteiger partial charge is 0.314 e. The van der Waals surface area contributed by atoms with Gasteiger partial charge in [0, 0.05) is 11.1 Å². The van der Waals surface area contributed by atoms with Gasteiger partial charge in [0.15, 0.2) is 0 Å². The maximum absolute atomic E-state index is 13.9. The Bertz CT molecular complexity index is 442. The van der Waals surface area contributed by atoms with Crippen LogP contribution < -0.4 is 5.32 Å². The van der Waals surface area contributed by atoms with Crippen LogP contribution in [-0.2, 0) is 0 Å². The molecule has 0 bridgehead atoms. The van der Waals surface area contributed by atoms with Gasteiger partial charge in [0.05, 0.1) is 0 Å². The molecule has 1 aliphatic rings. The maximum Gasteiger partial charge on any atom is 0.126 e. The minimum atomic E-state index is -0.135. The van der Waals surface area contributed by atoms with Crippen molar-refractivity contribution in [1.82, 2.24) is 5.32 Å². The van der Waals surface area contributed by atoms with E-state index < -0.39 is 0 Å². The highest BCUT2D eigenvalue weighted by molar-refractivity contribution is 6.30. The molecule has 2 rings (SSSR count). The van der Waals surface area contributed by atoms with Crippen molar-refractivity contribution in [2.45, 2.75) is 39.7 Å². The molecule has 100 valence electrons. The van der Waals surface area contributed by atoms with E-state index in [2.05, 4.69) is 33.0 Å². The molecule has 3 heteroatoms. The van der Waals surface area contributed by atoms with E-state index in [0.717, 1.165) is 12.1 Å². The molecule has 1 nitrogen and oxygen atoms in total. The Balaban J connectivity index is 2.16. The van der Waals surface area contributed by atoms with Crippen LogP contribution in [0.5, 0.6) is 0 Å². The van der Waals surface area contributed by atoms with Crippen LogP contribution in [0.3, 0.4) is 0 Å². The van der Waals surface area contributed by atoms with Gasteiger partial charge in [-0.05, 0) is 47.6 Å². The summed E-state index contributed by atoms with van der Waals surface area (Å²) >= 11 is 5.97. The molecule has 2 unspecified atom stereocenters. The molecule has 0 aliphatic heterocycles. The van der Waals surface area contributed by atoms with Crippen molar-refractivity contribution in [3.63, 3.8) is 0 Å². The second-order valence-electron chi connectivity index (χ2n) is 6.13. The number of halogens is 2. The van der Waals surface area contributed by atoms with Crippen LogP contribution in [0.4, 0.5) is 4.39 Å². The van der Waals surface area contributed by atoms with E-state index in [0.29, 0.717) is 17.0 Å². The maximum atomic E-state index is 13.9. The lowest BCUT2D eigenvalue weighted by atomic mass is 10.0. The van der Waals surface area contributed by atoms with Crippen LogP contribution in [-0.4, -0.2) is 12.6 Å². The molecule has 0 radical (unpaired) electrons. The summed E-state index contributed by atoms with van der Waals surface area (Å²) in [6, 6.07) is 5.32. The van der Waals surface area contributed by atoms with Crippen molar-refractivity contribution in [2.75, 3.05) is 6.54 Å². The van der Waals surface area contributed by atoms with Gasteiger partial charge >= 0.3 is 0 Å². The van der Waals surface area contributed by atoms with E-state index in [9.17, 15) is 4.39 Å². The summed E-state index contributed by atoms with van der Waals surface area (Å²) in [5.41, 5.74) is 0.913. The minimum Gasteiger partial charge on any atom is -0.314 e. The van der Waals surface area contributed by atoms with Gasteiger partial charge in [0.1, 0.15) is 5.82 Å². The molecule has 1 aromatic carbocycles. The zero-order chi connectivity index (χ0) is 13.5. The van der Waals surface area contributed by atoms with Crippen molar-refractivity contribution in [1.29, 1.82) is 0 Å². The topological polar surface area (TPSA) is 12.0 Å². The highest BCUT2D eigenvalue weighted by atomic mass is 35.5. The SMILES string of the molecule is CC(C)NCC1C(c2cc(Cl)ccc2F)C1(C)C. The van der Waals surface area contributed by atoms with Crippen LogP contribution in [0.15, 0.2) is 18.2 Å². The predicted molar refractivity (Wildman–Crippen MR) is 74.6 cm³/mol. The van der Waals surface area contributed by atoms with E-state index in [4.69, 9.17) is 11.6 Å². The zero-order valence-electron chi connectivity index (χ0n) is 11.4. The molecular formula is C15H21ClFN. The first kappa shape index (κ1) is 13.8. The molecule has 1 aromatic rings. The van der Waals surface area contributed by atoms with Crippen molar-refractivity contribution < 1.29 is 4.39 Å². The molecule has 1 fully saturated rings. The van der Waals surface area contributed by atoms with Gasteiger partial charge in [-0.2, -0.15) is 0 Å². The van der Waals surface area contributed by atoms with Crippen molar-refractivity contribution in [3.8, 4) is 0 Å². The van der Waals surface area contributed by atoms with Crippen molar-refractivity contribution in [2.24, 2.45) is 11.3 Å². The smallest absolute Gasteiger partial charge is 0.126 e. The number of hydrogen-bond donors (Lipinski definition) is 1. The summed E-state index contributed by atoms with van der Waals surface area (Å²) in [7, 11) is 0. The Morgan fingerprint density at radius 1 is 1.39 bits per heavy atom. The summed E-state index contributed by atoms with van der Waals surface area (Å²) in [5.74, 6) is 0.611. The number of benzene rings is 1. The summed E-state index contributed by atoms with van der Waals surface area (Å²) in [6.07, 6.45) is 0. The summed E-state index contributed by atoms with van der Waals surface area (Å²) < 4.78 is 13.9. The molecule has 2 atom stereocenters. The lowest BCUT2D eigenvalue weighted by Gasteiger charge is -2.08. The van der Waals surface area contributed by atoms with Crippen LogP contribution in [0.25, 0.3) is 0 Å². The molecule has 0 heterocycles. The van der Waals surface area contributed by atoms with Gasteiger partial charge in [-0.15, -0.1) is 0 Å². The Morgan fingerprint density at radius 3 is 2.67 bits per heavy atom. The quantitative estimate of drug-likeness (QED) is 0.863. The normalized spacial score (nSPS) is 25.5. The van der Waals surface area contributed by atoms with E-state index in [1.807, 2.05) is 0 Å². The van der Waals surface area contributed by atoms with E-state index in [1.165, 1.54) is 6.07 Å². The zero-order valence-corrected chi connectivity index (χ0v) is 12.2. The molecule has 1 aliphatic carbocycles. The van der Waals surface area contributed by atoms with Gasteiger partial charge in [-0.25, -0.2) is 4.39 Å². The second-order valence-corrected chi connectivity index (χ2v) is 6.57. The molecule has 1 N–H and O–H groups in total. The third-order valence-corrected chi connectivity index (χ3v) is 4.32. The Morgan fingerprint density at radius 2 is 2.06 bits per heavy atom. The fourth-order valence-corrected chi connectivity index (χ4v) is 3.04. The van der Waals surface area contributed by atoms with Crippen LogP contribution in [0.2, 0.25) is 5.02 Å². The Hall–Kier alpha value is -0.600. The average molecular weight is 270 g/mol. The minimum absolute atomic E-state index is 0.135. The average Bonchev–Trinajstić information content (AvgIpc) is 2.81. The summed E-state index contributed by atoms with van der Waals surface area (Å²) in [6.45, 7) is 9.59. The van der Waals surface area contributed by atoms with Crippen LogP contribution in [0, 0.1) is 17.2 Å². The summed E-state index contributed by atoms with van der Waals surface area (Å²) in [5, 5.41) is 4.06. The number of hydrogen-bond acceptors (Lipinski definition) is 1. The number of nitrogens with one attached hydrogen (secondary N) is 1. The van der Waals surface area contributed by atoms with Gasteiger partial charge in [0.25, 0.3) is 0 Å². The van der Waals surface area contributed by atoms with Crippen LogP contribution in [0.1, 0.15) is 39.2 Å². The third kappa shape index (κ3) is 2.55. The van der Waals surface area contributed by atoms with Gasteiger partial charge in [0.2, 0.25) is 0 Å². The predicted octanol–water partition coefficient (Wildman–Crippen LogP) is 4.22. The highest BCUT2D eigenvalue weighted by Gasteiger charge is 2.58. The van der Waals surface area contributed by atoms with Gasteiger partial charge < -0.3 is 5.32 Å². The first-order valence-electron chi connectivity index (χ1n) is 6.52. The highest BCUT2D eigenvalue weighted by Crippen LogP contribution is 2.64. The molecular weight excluding hydrogens is 249 g/mol. The first-order valence-corrected chi connectivity index (χ1v) is 6.90. The molecule has 1 saturated carbocycles. The molecule has 0 spiro atoms. The monoisotopic (exact) mass is 269 g/mol. The third-order valence-electron chi connectivity index (χ3n) is 4.09. The van der Waals surface area contributed by atoms with E-state index in [-0.39, 0.29) is 17.2 Å². The second kappa shape index (κ2) is 4.82.